The van der Waals surface area contributed by atoms with E-state index in [-0.39, 0.29) is 23.7 Å². The minimum atomic E-state index is -0.268. The predicted octanol–water partition coefficient (Wildman–Crippen LogP) is 4.48. The number of rotatable bonds is 8. The Labute approximate surface area is 171 Å². The van der Waals surface area contributed by atoms with Crippen molar-refractivity contribution in [1.29, 1.82) is 0 Å². The highest BCUT2D eigenvalue weighted by atomic mass is 32.2. The van der Waals surface area contributed by atoms with Gasteiger partial charge in [-0.1, -0.05) is 49.1 Å². The predicted molar refractivity (Wildman–Crippen MR) is 114 cm³/mol. The van der Waals surface area contributed by atoms with Gasteiger partial charge in [-0.05, 0) is 37.0 Å². The minimum absolute atomic E-state index is 0.000132. The average Bonchev–Trinajstić information content (AvgIpc) is 3.01. The quantitative estimate of drug-likeness (QED) is 0.364. The number of nitrogen functional groups attached to an aromatic ring is 1. The molecule has 3 aromatic rings. The maximum Gasteiger partial charge on any atom is 0.192 e. The van der Waals surface area contributed by atoms with Crippen LogP contribution < -0.4 is 11.1 Å². The van der Waals surface area contributed by atoms with Gasteiger partial charge in [0.25, 0.3) is 0 Å². The van der Waals surface area contributed by atoms with Gasteiger partial charge >= 0.3 is 0 Å². The van der Waals surface area contributed by atoms with Crippen LogP contribution in [0.5, 0.6) is 0 Å². The fraction of sp³-hybridized carbons (Fsp3) is 0.421. The first kappa shape index (κ1) is 20.8. The molecule has 6 nitrogen and oxygen atoms in total. The Morgan fingerprint density at radius 3 is 2.71 bits per heavy atom. The number of fused-ring (bicyclic) bond motifs is 1. The van der Waals surface area contributed by atoms with Crippen LogP contribution >= 0.6 is 23.1 Å². The lowest BCUT2D eigenvalue weighted by Gasteiger charge is -2.19. The lowest BCUT2D eigenvalue weighted by atomic mass is 10.0. The summed E-state index contributed by atoms with van der Waals surface area (Å²) in [6.07, 6.45) is 0.804. The highest BCUT2D eigenvalue weighted by molar-refractivity contribution is 7.99. The second-order valence-electron chi connectivity index (χ2n) is 7.03. The van der Waals surface area contributed by atoms with E-state index >= 15 is 0 Å². The summed E-state index contributed by atoms with van der Waals surface area (Å²) in [6.45, 7) is 6.18. The molecule has 2 atom stereocenters. The summed E-state index contributed by atoms with van der Waals surface area (Å²) in [5, 5.41) is 13.9. The Balaban J connectivity index is 1.90. The number of halogens is 1. The fourth-order valence-electron chi connectivity index (χ4n) is 2.90. The van der Waals surface area contributed by atoms with Gasteiger partial charge in [-0.15, -0.1) is 0 Å². The molecule has 0 fully saturated rings. The molecule has 0 bridgehead atoms. The molecule has 1 unspecified atom stereocenters. The van der Waals surface area contributed by atoms with Gasteiger partial charge in [0.05, 0.1) is 12.6 Å². The van der Waals surface area contributed by atoms with Crippen molar-refractivity contribution in [2.45, 2.75) is 43.6 Å². The summed E-state index contributed by atoms with van der Waals surface area (Å²) in [7, 11) is 0. The standard InChI is InChI=1S/C19H24FN5OS2/c1-10(2)7-14(9-26)22-16-15-17(23-18(21)28-15)25-19(24-16)27-11(3)12-5-4-6-13(20)8-12/h4-6,8,10-11,14,26H,7,9H2,1-3H3,(H3,21,22,23,24,25)/t11?,14-/m1/s1. The van der Waals surface area contributed by atoms with Crippen molar-refractivity contribution in [3.8, 4) is 0 Å². The summed E-state index contributed by atoms with van der Waals surface area (Å²) in [6, 6.07) is 6.38. The molecule has 28 heavy (non-hydrogen) atoms. The number of nitrogens with zero attached hydrogens (tertiary/aromatic N) is 3. The monoisotopic (exact) mass is 421 g/mol. The van der Waals surface area contributed by atoms with Gasteiger partial charge in [0.1, 0.15) is 10.5 Å². The normalized spacial score (nSPS) is 13.8. The van der Waals surface area contributed by atoms with Gasteiger partial charge in [0, 0.05) is 5.25 Å². The van der Waals surface area contributed by atoms with Crippen molar-refractivity contribution in [2.75, 3.05) is 17.7 Å². The largest absolute Gasteiger partial charge is 0.394 e. The van der Waals surface area contributed by atoms with Gasteiger partial charge < -0.3 is 16.2 Å². The molecule has 3 rings (SSSR count). The van der Waals surface area contributed by atoms with Crippen molar-refractivity contribution in [3.05, 3.63) is 35.6 Å². The van der Waals surface area contributed by atoms with E-state index in [4.69, 9.17) is 5.73 Å². The molecule has 9 heteroatoms. The van der Waals surface area contributed by atoms with E-state index in [0.717, 1.165) is 16.7 Å². The first-order chi connectivity index (χ1) is 13.4. The van der Waals surface area contributed by atoms with E-state index in [1.165, 1.54) is 35.2 Å². The van der Waals surface area contributed by atoms with Crippen molar-refractivity contribution in [1.82, 2.24) is 15.0 Å². The topological polar surface area (TPSA) is 97.0 Å². The molecule has 4 N–H and O–H groups in total. The number of thioether (sulfide) groups is 1. The van der Waals surface area contributed by atoms with Crippen molar-refractivity contribution in [3.63, 3.8) is 0 Å². The number of aliphatic hydroxyl groups excluding tert-OH is 1. The number of nitrogens with two attached hydrogens (primary N) is 1. The van der Waals surface area contributed by atoms with Crippen LogP contribution in [-0.4, -0.2) is 32.7 Å². The molecule has 0 spiro atoms. The molecule has 0 saturated heterocycles. The number of hydrogen-bond acceptors (Lipinski definition) is 8. The van der Waals surface area contributed by atoms with Gasteiger partial charge in [-0.3, -0.25) is 0 Å². The molecule has 2 heterocycles. The second kappa shape index (κ2) is 9.02. The first-order valence-electron chi connectivity index (χ1n) is 9.09. The van der Waals surface area contributed by atoms with Crippen LogP contribution in [0, 0.1) is 11.7 Å². The number of nitrogens with one attached hydrogen (secondary N) is 1. The summed E-state index contributed by atoms with van der Waals surface area (Å²) >= 11 is 2.74. The molecular formula is C19H24FN5OS2. The SMILES string of the molecule is CC(C)C[C@H](CO)Nc1nc(SC(C)c2cccc(F)c2)nc2nc(N)sc12. The number of aromatic nitrogens is 3. The number of aliphatic hydroxyl groups is 1. The van der Waals surface area contributed by atoms with E-state index in [1.807, 2.05) is 13.0 Å². The molecule has 1 aromatic carbocycles. The Kier molecular flexibility index (Phi) is 6.69. The summed E-state index contributed by atoms with van der Waals surface area (Å²) < 4.78 is 14.3. The second-order valence-corrected chi connectivity index (χ2v) is 9.37. The fourth-order valence-corrected chi connectivity index (χ4v) is 4.50. The van der Waals surface area contributed by atoms with E-state index < -0.39 is 0 Å². The lowest BCUT2D eigenvalue weighted by molar-refractivity contribution is 0.259. The molecule has 0 aliphatic carbocycles. The molecule has 150 valence electrons. The molecule has 0 radical (unpaired) electrons. The van der Waals surface area contributed by atoms with Crippen LogP contribution in [0.25, 0.3) is 10.3 Å². The lowest BCUT2D eigenvalue weighted by Crippen LogP contribution is -2.26. The third-order valence-corrected chi connectivity index (χ3v) is 6.07. The van der Waals surface area contributed by atoms with E-state index in [0.29, 0.717) is 27.7 Å². The number of hydrogen-bond donors (Lipinski definition) is 3. The maximum absolute atomic E-state index is 13.5. The van der Waals surface area contributed by atoms with E-state index in [1.54, 1.807) is 6.07 Å². The number of benzene rings is 1. The Hall–Kier alpha value is -1.97. The summed E-state index contributed by atoms with van der Waals surface area (Å²) in [5.41, 5.74) is 7.26. The third-order valence-electron chi connectivity index (χ3n) is 4.17. The summed E-state index contributed by atoms with van der Waals surface area (Å²) in [5.74, 6) is 0.776. The molecule has 0 aliphatic heterocycles. The highest BCUT2D eigenvalue weighted by Crippen LogP contribution is 2.36. The zero-order valence-corrected chi connectivity index (χ0v) is 17.6. The van der Waals surface area contributed by atoms with Crippen LogP contribution in [0.3, 0.4) is 0 Å². The van der Waals surface area contributed by atoms with Crippen LogP contribution in [0.15, 0.2) is 29.4 Å². The third kappa shape index (κ3) is 5.09. The maximum atomic E-state index is 13.5. The van der Waals surface area contributed by atoms with Crippen molar-refractivity contribution < 1.29 is 9.50 Å². The molecule has 2 aromatic heterocycles. The Morgan fingerprint density at radius 2 is 2.04 bits per heavy atom. The van der Waals surface area contributed by atoms with Crippen LogP contribution in [0.4, 0.5) is 15.3 Å². The smallest absolute Gasteiger partial charge is 0.192 e. The van der Waals surface area contributed by atoms with Crippen LogP contribution in [-0.2, 0) is 0 Å². The average molecular weight is 422 g/mol. The molecule has 0 amide bonds. The minimum Gasteiger partial charge on any atom is -0.394 e. The molecule has 0 saturated carbocycles. The highest BCUT2D eigenvalue weighted by Gasteiger charge is 2.19. The number of anilines is 2. The van der Waals surface area contributed by atoms with E-state index in [9.17, 15) is 9.50 Å². The summed E-state index contributed by atoms with van der Waals surface area (Å²) in [4.78, 5) is 13.5. The molecular weight excluding hydrogens is 397 g/mol. The Bertz CT molecular complexity index is 949. The van der Waals surface area contributed by atoms with Crippen molar-refractivity contribution >= 4 is 44.4 Å². The number of thiazole rings is 1. The van der Waals surface area contributed by atoms with Crippen LogP contribution in [0.2, 0.25) is 0 Å². The van der Waals surface area contributed by atoms with Gasteiger partial charge in [-0.25, -0.2) is 19.3 Å². The van der Waals surface area contributed by atoms with Crippen LogP contribution in [0.1, 0.15) is 38.0 Å². The zero-order chi connectivity index (χ0) is 20.3. The van der Waals surface area contributed by atoms with Gasteiger partial charge in [0.2, 0.25) is 0 Å². The first-order valence-corrected chi connectivity index (χ1v) is 10.8. The van der Waals surface area contributed by atoms with Gasteiger partial charge in [-0.2, -0.15) is 0 Å². The Morgan fingerprint density at radius 1 is 1.25 bits per heavy atom. The zero-order valence-electron chi connectivity index (χ0n) is 16.0. The van der Waals surface area contributed by atoms with Crippen molar-refractivity contribution in [2.24, 2.45) is 5.92 Å². The van der Waals surface area contributed by atoms with E-state index in [2.05, 4.69) is 34.1 Å². The van der Waals surface area contributed by atoms with Gasteiger partial charge in [0.15, 0.2) is 21.8 Å². The molecule has 0 aliphatic rings.